The second-order valence-corrected chi connectivity index (χ2v) is 34.7. The Kier molecular flexibility index (Phi) is 14.2. The molecule has 6 heteroatoms. The van der Waals surface area contributed by atoms with Crippen LogP contribution in [0, 0.1) is 23.7 Å². The Hall–Kier alpha value is -1.19. The van der Waals surface area contributed by atoms with E-state index >= 15 is 0 Å². The third-order valence-corrected chi connectivity index (χ3v) is 24.6. The van der Waals surface area contributed by atoms with Crippen molar-refractivity contribution in [2.45, 2.75) is 221 Å². The van der Waals surface area contributed by atoms with Gasteiger partial charge in [0.25, 0.3) is 0 Å². The molecule has 2 aromatic rings. The second-order valence-electron chi connectivity index (χ2n) is 24.4. The van der Waals surface area contributed by atoms with Crippen molar-refractivity contribution in [1.82, 2.24) is 0 Å². The Morgan fingerprint density at radius 1 is 0.433 bits per heavy atom. The molecule has 4 aliphatic carbocycles. The Labute approximate surface area is 377 Å². The van der Waals surface area contributed by atoms with Crippen LogP contribution in [0.2, 0.25) is 0 Å². The number of hydrogen-bond acceptors (Lipinski definition) is 2. The lowest BCUT2D eigenvalue weighted by Crippen LogP contribution is -2.36. The molecule has 0 aliphatic heterocycles. The number of benzene rings is 2. The summed E-state index contributed by atoms with van der Waals surface area (Å²) in [7, 11) is 0.516. The van der Waals surface area contributed by atoms with E-state index in [0.717, 1.165) is 11.8 Å². The normalized spacial score (nSPS) is 22.2. The summed E-state index contributed by atoms with van der Waals surface area (Å²) in [5.74, 6) is 4.59. The zero-order chi connectivity index (χ0) is 44.6. The highest BCUT2D eigenvalue weighted by molar-refractivity contribution is 7.65. The van der Waals surface area contributed by atoms with Crippen LogP contribution in [0.25, 0.3) is 0 Å². The third kappa shape index (κ3) is 9.32. The highest BCUT2D eigenvalue weighted by Gasteiger charge is 2.52. The maximum Gasteiger partial charge on any atom is 0.109 e. The standard InChI is InChI=1S/C54H86N2P2Si2/c1-33(2)41-23-21-24-42(34(3)4)47(41)55(45-37-27-29-39(31-37)49(45)57(51(9,10)11)52(12,13)14)59-60-56(48-43(35(5)6)25-22-26-44(48)36(7)8)46-38-28-30-40(32-38)50(46)58(53(15,16)17)54(18,19)20/h21-26,33-40H,27-32H2,1-20H3. The molecule has 2 aromatic carbocycles. The van der Waals surface area contributed by atoms with Crippen LogP contribution in [0.4, 0.5) is 11.4 Å². The van der Waals surface area contributed by atoms with Crippen LogP contribution in [0.5, 0.6) is 0 Å². The van der Waals surface area contributed by atoms with Gasteiger partial charge < -0.3 is 9.13 Å². The van der Waals surface area contributed by atoms with Gasteiger partial charge in [-0.25, -0.2) is 0 Å². The number of para-hydroxylation sites is 2. The number of rotatable bonds is 10. The molecule has 60 heavy (non-hydrogen) atoms. The van der Waals surface area contributed by atoms with E-state index in [2.05, 4.69) is 184 Å². The number of anilines is 2. The summed E-state index contributed by atoms with van der Waals surface area (Å²) in [5, 5.41) is 4.75. The van der Waals surface area contributed by atoms with Gasteiger partial charge in [-0.1, -0.05) is 191 Å². The van der Waals surface area contributed by atoms with Crippen LogP contribution < -0.4 is 9.13 Å². The van der Waals surface area contributed by atoms with Gasteiger partial charge in [-0.3, -0.25) is 0 Å². The topological polar surface area (TPSA) is 6.48 Å². The van der Waals surface area contributed by atoms with Crippen molar-refractivity contribution in [2.75, 3.05) is 9.13 Å². The largest absolute Gasteiger partial charge is 0.314 e. The molecule has 2 fully saturated rings. The van der Waals surface area contributed by atoms with Gasteiger partial charge in [0.15, 0.2) is 0 Å². The highest BCUT2D eigenvalue weighted by atomic mass is 31.1. The Bertz CT molecular complexity index is 1810. The summed E-state index contributed by atoms with van der Waals surface area (Å²) >= 11 is 0. The van der Waals surface area contributed by atoms with Gasteiger partial charge in [0.05, 0.1) is 11.4 Å². The maximum absolute atomic E-state index is 3.08. The quantitative estimate of drug-likeness (QED) is 0.173. The predicted molar refractivity (Wildman–Crippen MR) is 274 cm³/mol. The lowest BCUT2D eigenvalue weighted by molar-refractivity contribution is 0.642. The van der Waals surface area contributed by atoms with Gasteiger partial charge in [-0.15, -0.1) is 0 Å². The minimum absolute atomic E-state index is 0.239. The molecule has 4 atom stereocenters. The molecule has 4 bridgehead atoms. The molecule has 6 rings (SSSR count). The molecule has 330 valence electrons. The summed E-state index contributed by atoms with van der Waals surface area (Å²) in [6, 6.07) is 14.7. The summed E-state index contributed by atoms with van der Waals surface area (Å²) in [4.78, 5) is 0. The molecular weight excluding hydrogens is 795 g/mol. The first-order valence-corrected chi connectivity index (χ1v) is 29.7. The van der Waals surface area contributed by atoms with Gasteiger partial charge >= 0.3 is 0 Å². The monoisotopic (exact) mass is 881 g/mol. The lowest BCUT2D eigenvalue weighted by Gasteiger charge is -2.46. The molecule has 0 aromatic heterocycles. The number of allylic oxidation sites excluding steroid dienone is 4. The summed E-state index contributed by atoms with van der Waals surface area (Å²) < 4.78 is 6.16. The summed E-state index contributed by atoms with van der Waals surface area (Å²) in [5.41, 5.74) is 12.9. The van der Waals surface area contributed by atoms with Gasteiger partial charge in [-0.05, 0) is 128 Å². The van der Waals surface area contributed by atoms with Crippen molar-refractivity contribution in [3.63, 3.8) is 0 Å². The smallest absolute Gasteiger partial charge is 0.109 e. The zero-order valence-electron chi connectivity index (χ0n) is 42.1. The summed E-state index contributed by atoms with van der Waals surface area (Å²) in [6.07, 6.45) is 8.18. The molecule has 0 amide bonds. The average molecular weight is 881 g/mol. The first kappa shape index (κ1) is 48.3. The number of nitrogens with zero attached hydrogens (tertiary/aromatic N) is 2. The SMILES string of the molecule is CC(C)c1cccc(C(C)C)c1N([Si]#[Si]N(C1=C(P(C(C)(C)C)C(C)(C)C)C2CCC1C2)c1c(C(C)C)cccc1C(C)C)C1=C(P(C(C)(C)C)C(C)(C)C)C2CCC1C2. The van der Waals surface area contributed by atoms with Crippen LogP contribution >= 0.6 is 15.8 Å². The minimum atomic E-state index is -0.398. The molecule has 2 saturated carbocycles. The van der Waals surface area contributed by atoms with E-state index < -0.39 is 15.8 Å². The van der Waals surface area contributed by atoms with Crippen molar-refractivity contribution in [2.24, 2.45) is 23.7 Å². The van der Waals surface area contributed by atoms with E-state index in [-0.39, 0.29) is 20.6 Å². The highest BCUT2D eigenvalue weighted by Crippen LogP contribution is 2.74. The molecule has 0 saturated heterocycles. The molecule has 0 radical (unpaired) electrons. The molecule has 0 heterocycles. The lowest BCUT2D eigenvalue weighted by atomic mass is 9.91. The van der Waals surface area contributed by atoms with E-state index in [1.807, 2.05) is 10.6 Å². The Balaban J connectivity index is 1.80. The first-order valence-electron chi connectivity index (χ1n) is 24.1. The predicted octanol–water partition coefficient (Wildman–Crippen LogP) is 17.1. The first-order chi connectivity index (χ1) is 27.7. The number of hydrogen-bond donors (Lipinski definition) is 0. The minimum Gasteiger partial charge on any atom is -0.314 e. The molecule has 4 aliphatic rings. The van der Waals surface area contributed by atoms with Crippen LogP contribution in [0.3, 0.4) is 0 Å². The van der Waals surface area contributed by atoms with Crippen molar-refractivity contribution in [1.29, 1.82) is 0 Å². The van der Waals surface area contributed by atoms with Gasteiger partial charge in [0, 0.05) is 23.2 Å². The third-order valence-electron chi connectivity index (χ3n) is 14.0. The zero-order valence-corrected chi connectivity index (χ0v) is 45.9. The molecule has 2 nitrogen and oxygen atoms in total. The van der Waals surface area contributed by atoms with Crippen LogP contribution in [-0.2, 0) is 0 Å². The molecular formula is C54H86N2P2Si2. The summed E-state index contributed by atoms with van der Waals surface area (Å²) in [6.45, 7) is 50.5. The second kappa shape index (κ2) is 17.7. The van der Waals surface area contributed by atoms with Crippen LogP contribution in [0.15, 0.2) is 58.4 Å². The fourth-order valence-corrected chi connectivity index (χ4v) is 25.7. The van der Waals surface area contributed by atoms with Gasteiger partial charge in [0.2, 0.25) is 0 Å². The van der Waals surface area contributed by atoms with E-state index in [0.29, 0.717) is 52.7 Å². The van der Waals surface area contributed by atoms with Crippen molar-refractivity contribution in [3.05, 3.63) is 80.7 Å². The Morgan fingerprint density at radius 3 is 0.917 bits per heavy atom. The molecule has 0 spiro atoms. The van der Waals surface area contributed by atoms with Crippen LogP contribution in [-0.4, -0.2) is 37.8 Å². The van der Waals surface area contributed by atoms with Crippen molar-refractivity contribution >= 4 is 44.4 Å². The van der Waals surface area contributed by atoms with E-state index in [4.69, 9.17) is 0 Å². The molecule has 4 unspecified atom stereocenters. The van der Waals surface area contributed by atoms with E-state index in [9.17, 15) is 0 Å². The van der Waals surface area contributed by atoms with Gasteiger partial charge in [-0.2, -0.15) is 0 Å². The molecule has 0 N–H and O–H groups in total. The Morgan fingerprint density at radius 2 is 0.683 bits per heavy atom. The fourth-order valence-electron chi connectivity index (χ4n) is 12.6. The maximum atomic E-state index is 3.08. The number of fused-ring (bicyclic) bond motifs is 4. The van der Waals surface area contributed by atoms with Crippen LogP contribution in [0.1, 0.15) is 223 Å². The van der Waals surface area contributed by atoms with E-state index in [1.54, 1.807) is 45.0 Å². The fraction of sp³-hybridized carbons (Fsp3) is 0.704. The van der Waals surface area contributed by atoms with Crippen molar-refractivity contribution < 1.29 is 0 Å². The average Bonchev–Trinajstić information content (AvgIpc) is 3.91. The van der Waals surface area contributed by atoms with Crippen molar-refractivity contribution in [3.8, 4) is 0 Å². The van der Waals surface area contributed by atoms with E-state index in [1.165, 1.54) is 38.5 Å². The van der Waals surface area contributed by atoms with Gasteiger partial charge in [0.1, 0.15) is 17.2 Å².